The molecular formula is C21H25NO6. The Labute approximate surface area is 163 Å². The second-order valence-electron chi connectivity index (χ2n) is 7.34. The Balaban J connectivity index is 1.65. The molecule has 1 N–H and O–H groups in total. The number of carbonyl (C=O) groups excluding carboxylic acids is 2. The summed E-state index contributed by atoms with van der Waals surface area (Å²) in [5, 5.41) is 3.46. The van der Waals surface area contributed by atoms with Gasteiger partial charge in [-0.1, -0.05) is 38.8 Å². The molecule has 1 aliphatic carbocycles. The maximum absolute atomic E-state index is 12.3. The van der Waals surface area contributed by atoms with Gasteiger partial charge in [-0.3, -0.25) is 4.79 Å². The number of hydrogen-bond donors (Lipinski definition) is 1. The summed E-state index contributed by atoms with van der Waals surface area (Å²) in [6, 6.07) is 6.52. The number of amides is 1. The minimum absolute atomic E-state index is 0.0770. The van der Waals surface area contributed by atoms with Crippen molar-refractivity contribution in [3.63, 3.8) is 0 Å². The summed E-state index contributed by atoms with van der Waals surface area (Å²) in [5.41, 5.74) is -0.838. The molecule has 1 heterocycles. The lowest BCUT2D eigenvalue weighted by Crippen LogP contribution is -2.45. The molecule has 150 valence electrons. The first-order chi connectivity index (χ1) is 13.4. The zero-order valence-electron chi connectivity index (χ0n) is 16.3. The van der Waals surface area contributed by atoms with E-state index in [9.17, 15) is 14.4 Å². The number of rotatable bonds is 5. The Morgan fingerprint density at radius 3 is 2.79 bits per heavy atom. The average molecular weight is 387 g/mol. The zero-order valence-corrected chi connectivity index (χ0v) is 16.3. The topological polar surface area (TPSA) is 94.8 Å². The molecule has 7 heteroatoms. The van der Waals surface area contributed by atoms with Crippen LogP contribution in [0, 0.1) is 11.8 Å². The lowest BCUT2D eigenvalue weighted by atomic mass is 9.78. The molecule has 1 amide bonds. The summed E-state index contributed by atoms with van der Waals surface area (Å²) in [6.07, 6.45) is 3.14. The smallest absolute Gasteiger partial charge is 0.351 e. The summed E-state index contributed by atoms with van der Waals surface area (Å²) in [5.74, 6) is 0.0475. The second-order valence-corrected chi connectivity index (χ2v) is 7.34. The SMILES string of the molecule is COc1cccc2cc(C(=O)OCC(=O)N[C@@H]3CCC[C@H](C)[C@@H]3C)c(=O)oc12. The van der Waals surface area contributed by atoms with E-state index >= 15 is 0 Å². The number of nitrogens with one attached hydrogen (secondary N) is 1. The fourth-order valence-electron chi connectivity index (χ4n) is 3.66. The molecule has 7 nitrogen and oxygen atoms in total. The molecule has 3 rings (SSSR count). The monoisotopic (exact) mass is 387 g/mol. The van der Waals surface area contributed by atoms with Crippen molar-refractivity contribution in [2.75, 3.05) is 13.7 Å². The van der Waals surface area contributed by atoms with Crippen LogP contribution in [0.2, 0.25) is 0 Å². The van der Waals surface area contributed by atoms with Crippen LogP contribution in [0.15, 0.2) is 33.5 Å². The third-order valence-electron chi connectivity index (χ3n) is 5.55. The van der Waals surface area contributed by atoms with E-state index in [2.05, 4.69) is 19.2 Å². The van der Waals surface area contributed by atoms with Crippen molar-refractivity contribution in [1.82, 2.24) is 5.32 Å². The fourth-order valence-corrected chi connectivity index (χ4v) is 3.66. The van der Waals surface area contributed by atoms with Gasteiger partial charge < -0.3 is 19.2 Å². The highest BCUT2D eigenvalue weighted by Gasteiger charge is 2.28. The van der Waals surface area contributed by atoms with Gasteiger partial charge in [0.1, 0.15) is 5.56 Å². The summed E-state index contributed by atoms with van der Waals surface area (Å²) in [6.45, 7) is 3.86. The molecule has 0 unspecified atom stereocenters. The quantitative estimate of drug-likeness (QED) is 0.626. The minimum Gasteiger partial charge on any atom is -0.493 e. The first kappa shape index (κ1) is 19.9. The molecule has 1 saturated carbocycles. The van der Waals surface area contributed by atoms with Crippen LogP contribution < -0.4 is 15.7 Å². The molecule has 1 aromatic carbocycles. The van der Waals surface area contributed by atoms with Crippen molar-refractivity contribution < 1.29 is 23.5 Å². The van der Waals surface area contributed by atoms with E-state index in [4.69, 9.17) is 13.9 Å². The third-order valence-corrected chi connectivity index (χ3v) is 5.55. The molecule has 1 aliphatic rings. The standard InChI is InChI=1S/C21H25NO6/c1-12-6-4-8-16(13(12)2)22-18(23)11-27-20(24)15-10-14-7-5-9-17(26-3)19(14)28-21(15)25/h5,7,9-10,12-13,16H,4,6,8,11H2,1-3H3,(H,22,23)/t12-,13-,16+/m0/s1. The van der Waals surface area contributed by atoms with Gasteiger partial charge in [0.15, 0.2) is 17.9 Å². The predicted molar refractivity (Wildman–Crippen MR) is 103 cm³/mol. The number of hydrogen-bond acceptors (Lipinski definition) is 6. The Bertz CT molecular complexity index is 934. The van der Waals surface area contributed by atoms with Crippen molar-refractivity contribution in [2.45, 2.75) is 39.2 Å². The Kier molecular flexibility index (Phi) is 6.02. The van der Waals surface area contributed by atoms with Gasteiger partial charge >= 0.3 is 11.6 Å². The maximum Gasteiger partial charge on any atom is 0.351 e. The Morgan fingerprint density at radius 2 is 2.04 bits per heavy atom. The summed E-state index contributed by atoms with van der Waals surface area (Å²) in [4.78, 5) is 36.6. The molecule has 0 aliphatic heterocycles. The van der Waals surface area contributed by atoms with Crippen LogP contribution in [0.4, 0.5) is 0 Å². The van der Waals surface area contributed by atoms with Gasteiger partial charge in [-0.05, 0) is 30.4 Å². The van der Waals surface area contributed by atoms with Crippen LogP contribution in [-0.2, 0) is 9.53 Å². The zero-order chi connectivity index (χ0) is 20.3. The van der Waals surface area contributed by atoms with Crippen LogP contribution in [0.5, 0.6) is 5.75 Å². The Hall–Kier alpha value is -2.83. The van der Waals surface area contributed by atoms with Gasteiger partial charge in [0, 0.05) is 11.4 Å². The average Bonchev–Trinajstić information content (AvgIpc) is 2.68. The van der Waals surface area contributed by atoms with Crippen molar-refractivity contribution in [1.29, 1.82) is 0 Å². The molecule has 1 aromatic heterocycles. The summed E-state index contributed by atoms with van der Waals surface area (Å²) < 4.78 is 15.4. The van der Waals surface area contributed by atoms with Gasteiger partial charge in [-0.2, -0.15) is 0 Å². The first-order valence-electron chi connectivity index (χ1n) is 9.48. The highest BCUT2D eigenvalue weighted by atomic mass is 16.5. The number of esters is 1. The normalized spacial score (nSPS) is 21.9. The number of methoxy groups -OCH3 is 1. The number of para-hydroxylation sites is 1. The second kappa shape index (κ2) is 8.46. The molecular weight excluding hydrogens is 362 g/mol. The van der Waals surface area contributed by atoms with Gasteiger partial charge in [0.2, 0.25) is 0 Å². The number of ether oxygens (including phenoxy) is 2. The molecule has 0 spiro atoms. The van der Waals surface area contributed by atoms with Gasteiger partial charge in [-0.25, -0.2) is 9.59 Å². The van der Waals surface area contributed by atoms with E-state index in [1.165, 1.54) is 13.2 Å². The highest BCUT2D eigenvalue weighted by Crippen LogP contribution is 2.29. The van der Waals surface area contributed by atoms with Gasteiger partial charge in [-0.15, -0.1) is 0 Å². The van der Waals surface area contributed by atoms with Crippen LogP contribution in [0.1, 0.15) is 43.5 Å². The molecule has 28 heavy (non-hydrogen) atoms. The molecule has 2 aromatic rings. The van der Waals surface area contributed by atoms with Crippen molar-refractivity contribution >= 4 is 22.8 Å². The number of carbonyl (C=O) groups is 2. The minimum atomic E-state index is -0.890. The summed E-state index contributed by atoms with van der Waals surface area (Å²) >= 11 is 0. The first-order valence-corrected chi connectivity index (χ1v) is 9.48. The van der Waals surface area contributed by atoms with E-state index in [0.29, 0.717) is 23.0 Å². The van der Waals surface area contributed by atoms with Crippen molar-refractivity contribution in [2.24, 2.45) is 11.8 Å². The van der Waals surface area contributed by atoms with E-state index in [0.717, 1.165) is 19.3 Å². The Morgan fingerprint density at radius 1 is 1.25 bits per heavy atom. The highest BCUT2D eigenvalue weighted by molar-refractivity contribution is 5.95. The fraction of sp³-hybridized carbons (Fsp3) is 0.476. The maximum atomic E-state index is 12.3. The van der Waals surface area contributed by atoms with Crippen LogP contribution in [0.3, 0.4) is 0 Å². The van der Waals surface area contributed by atoms with E-state index in [1.807, 2.05) is 0 Å². The van der Waals surface area contributed by atoms with Crippen molar-refractivity contribution in [3.8, 4) is 5.75 Å². The number of fused-ring (bicyclic) bond motifs is 1. The predicted octanol–water partition coefficient (Wildman–Crippen LogP) is 2.90. The molecule has 0 radical (unpaired) electrons. The van der Waals surface area contributed by atoms with Crippen molar-refractivity contribution in [3.05, 3.63) is 40.2 Å². The van der Waals surface area contributed by atoms with E-state index < -0.39 is 18.2 Å². The molecule has 1 fully saturated rings. The van der Waals surface area contributed by atoms with Crippen LogP contribution in [0.25, 0.3) is 11.0 Å². The largest absolute Gasteiger partial charge is 0.493 e. The lowest BCUT2D eigenvalue weighted by Gasteiger charge is -2.34. The van der Waals surface area contributed by atoms with E-state index in [-0.39, 0.29) is 23.1 Å². The summed E-state index contributed by atoms with van der Waals surface area (Å²) in [7, 11) is 1.46. The van der Waals surface area contributed by atoms with Crippen LogP contribution >= 0.6 is 0 Å². The molecule has 0 saturated heterocycles. The third kappa shape index (κ3) is 4.18. The lowest BCUT2D eigenvalue weighted by molar-refractivity contribution is -0.125. The molecule has 3 atom stereocenters. The van der Waals surface area contributed by atoms with Gasteiger partial charge in [0.25, 0.3) is 5.91 Å². The van der Waals surface area contributed by atoms with Gasteiger partial charge in [0.05, 0.1) is 7.11 Å². The molecule has 0 bridgehead atoms. The number of benzene rings is 1. The van der Waals surface area contributed by atoms with Crippen LogP contribution in [-0.4, -0.2) is 31.6 Å². The van der Waals surface area contributed by atoms with E-state index in [1.54, 1.807) is 18.2 Å².